The molecular formula is C33H56O3. The van der Waals surface area contributed by atoms with Crippen molar-refractivity contribution in [1.82, 2.24) is 0 Å². The van der Waals surface area contributed by atoms with Crippen LogP contribution in [0.2, 0.25) is 0 Å². The minimum atomic E-state index is -0.221. The Morgan fingerprint density at radius 2 is 1.11 bits per heavy atom. The SMILES string of the molecule is CCCCCCC[C@H]1CC[C@H](CCCOc2ccc([C@H]3OC[C@H](CCCCCCC)CO3)cc2)CC1. The second kappa shape index (κ2) is 18.2. The third kappa shape index (κ3) is 11.5. The van der Waals surface area contributed by atoms with Gasteiger partial charge in [-0.2, -0.15) is 0 Å². The van der Waals surface area contributed by atoms with Crippen molar-refractivity contribution in [3.05, 3.63) is 29.8 Å². The maximum atomic E-state index is 6.05. The lowest BCUT2D eigenvalue weighted by molar-refractivity contribution is -0.206. The Labute approximate surface area is 223 Å². The molecule has 1 saturated heterocycles. The summed E-state index contributed by atoms with van der Waals surface area (Å²) >= 11 is 0. The second-order valence-corrected chi connectivity index (χ2v) is 11.7. The van der Waals surface area contributed by atoms with Crippen LogP contribution in [-0.2, 0) is 9.47 Å². The molecule has 3 nitrogen and oxygen atoms in total. The minimum absolute atomic E-state index is 0.221. The lowest BCUT2D eigenvalue weighted by atomic mass is 9.78. The first kappa shape index (κ1) is 29.5. The van der Waals surface area contributed by atoms with Crippen LogP contribution in [0.15, 0.2) is 24.3 Å². The van der Waals surface area contributed by atoms with Crippen molar-refractivity contribution >= 4 is 0 Å². The van der Waals surface area contributed by atoms with E-state index in [4.69, 9.17) is 14.2 Å². The van der Waals surface area contributed by atoms with Crippen LogP contribution in [-0.4, -0.2) is 19.8 Å². The Kier molecular flexibility index (Phi) is 14.9. The average molecular weight is 501 g/mol. The first-order valence-corrected chi connectivity index (χ1v) is 15.7. The number of benzene rings is 1. The van der Waals surface area contributed by atoms with Gasteiger partial charge in [0.1, 0.15) is 5.75 Å². The van der Waals surface area contributed by atoms with Crippen molar-refractivity contribution in [2.75, 3.05) is 19.8 Å². The van der Waals surface area contributed by atoms with Gasteiger partial charge < -0.3 is 14.2 Å². The van der Waals surface area contributed by atoms with Crippen LogP contribution in [0.25, 0.3) is 0 Å². The number of rotatable bonds is 18. The molecule has 0 radical (unpaired) electrons. The van der Waals surface area contributed by atoms with Crippen molar-refractivity contribution in [2.45, 2.75) is 136 Å². The van der Waals surface area contributed by atoms with Gasteiger partial charge in [0.05, 0.1) is 19.8 Å². The Hall–Kier alpha value is -1.06. The molecule has 0 bridgehead atoms. The molecule has 0 aromatic heterocycles. The molecule has 206 valence electrons. The van der Waals surface area contributed by atoms with E-state index in [0.717, 1.165) is 43.0 Å². The fraction of sp³-hybridized carbons (Fsp3) is 0.818. The molecule has 1 aromatic rings. The average Bonchev–Trinajstić information content (AvgIpc) is 2.92. The van der Waals surface area contributed by atoms with Crippen LogP contribution in [0.3, 0.4) is 0 Å². The zero-order valence-electron chi connectivity index (χ0n) is 23.7. The molecule has 1 saturated carbocycles. The van der Waals surface area contributed by atoms with Crippen molar-refractivity contribution in [1.29, 1.82) is 0 Å². The van der Waals surface area contributed by atoms with Crippen LogP contribution in [0.4, 0.5) is 0 Å². The first-order valence-electron chi connectivity index (χ1n) is 15.7. The Morgan fingerprint density at radius 3 is 1.67 bits per heavy atom. The number of hydrogen-bond acceptors (Lipinski definition) is 3. The molecule has 0 spiro atoms. The smallest absolute Gasteiger partial charge is 0.183 e. The minimum Gasteiger partial charge on any atom is -0.494 e. The summed E-state index contributed by atoms with van der Waals surface area (Å²) in [7, 11) is 0. The summed E-state index contributed by atoms with van der Waals surface area (Å²) in [5.41, 5.74) is 1.10. The third-order valence-corrected chi connectivity index (χ3v) is 8.54. The molecule has 1 aliphatic carbocycles. The van der Waals surface area contributed by atoms with E-state index in [0.29, 0.717) is 5.92 Å². The van der Waals surface area contributed by atoms with Crippen LogP contribution in [0, 0.1) is 17.8 Å². The van der Waals surface area contributed by atoms with Gasteiger partial charge in [-0.3, -0.25) is 0 Å². The van der Waals surface area contributed by atoms with E-state index in [1.807, 2.05) is 0 Å². The predicted octanol–water partition coefficient (Wildman–Crippen LogP) is 10.0. The summed E-state index contributed by atoms with van der Waals surface area (Å²) < 4.78 is 18.1. The van der Waals surface area contributed by atoms with Gasteiger partial charge in [0.2, 0.25) is 0 Å². The standard InChI is InChI=1S/C33H56O3/c1-3-5-7-9-11-14-28-17-19-29(20-18-28)16-13-25-34-32-23-21-31(22-24-32)33-35-26-30(27-36-33)15-12-10-8-6-4-2/h21-24,28-30,33H,3-20,25-27H2,1-2H3/t28-,29-,30-,33-. The van der Waals surface area contributed by atoms with Gasteiger partial charge in [0.25, 0.3) is 0 Å². The van der Waals surface area contributed by atoms with Gasteiger partial charge in [0.15, 0.2) is 6.29 Å². The van der Waals surface area contributed by atoms with Crippen LogP contribution in [0.1, 0.15) is 141 Å². The molecule has 1 aromatic carbocycles. The summed E-state index contributed by atoms with van der Waals surface area (Å²) in [5, 5.41) is 0. The monoisotopic (exact) mass is 500 g/mol. The number of ether oxygens (including phenoxy) is 3. The van der Waals surface area contributed by atoms with Crippen LogP contribution >= 0.6 is 0 Å². The van der Waals surface area contributed by atoms with Gasteiger partial charge in [-0.1, -0.05) is 122 Å². The molecule has 0 N–H and O–H groups in total. The van der Waals surface area contributed by atoms with Crippen molar-refractivity contribution in [3.63, 3.8) is 0 Å². The Balaban J connectivity index is 1.21. The maximum Gasteiger partial charge on any atom is 0.183 e. The molecule has 36 heavy (non-hydrogen) atoms. The summed E-state index contributed by atoms with van der Waals surface area (Å²) in [6.07, 6.45) is 24.6. The topological polar surface area (TPSA) is 27.7 Å². The zero-order chi connectivity index (χ0) is 25.3. The molecule has 0 amide bonds. The highest BCUT2D eigenvalue weighted by Gasteiger charge is 2.23. The second-order valence-electron chi connectivity index (χ2n) is 11.7. The molecule has 3 rings (SSSR count). The van der Waals surface area contributed by atoms with Gasteiger partial charge in [-0.15, -0.1) is 0 Å². The van der Waals surface area contributed by atoms with Gasteiger partial charge in [-0.25, -0.2) is 0 Å². The van der Waals surface area contributed by atoms with Crippen molar-refractivity contribution in [3.8, 4) is 5.75 Å². The fourth-order valence-electron chi connectivity index (χ4n) is 6.07. The quantitative estimate of drug-likeness (QED) is 0.188. The normalized spacial score (nSPS) is 24.6. The molecule has 0 unspecified atom stereocenters. The first-order chi connectivity index (χ1) is 17.8. The van der Waals surface area contributed by atoms with Gasteiger partial charge in [-0.05, 0) is 43.2 Å². The summed E-state index contributed by atoms with van der Waals surface area (Å²) in [5.74, 6) is 3.45. The molecular weight excluding hydrogens is 444 g/mol. The van der Waals surface area contributed by atoms with E-state index >= 15 is 0 Å². The zero-order valence-corrected chi connectivity index (χ0v) is 23.7. The highest BCUT2D eigenvalue weighted by atomic mass is 16.7. The highest BCUT2D eigenvalue weighted by Crippen LogP contribution is 2.34. The third-order valence-electron chi connectivity index (χ3n) is 8.54. The van der Waals surface area contributed by atoms with E-state index < -0.39 is 0 Å². The number of hydrogen-bond donors (Lipinski definition) is 0. The van der Waals surface area contributed by atoms with Gasteiger partial charge in [0, 0.05) is 11.5 Å². The Morgan fingerprint density at radius 1 is 0.611 bits per heavy atom. The molecule has 1 aliphatic heterocycles. The van der Waals surface area contributed by atoms with E-state index in [9.17, 15) is 0 Å². The van der Waals surface area contributed by atoms with Crippen molar-refractivity contribution in [2.24, 2.45) is 17.8 Å². The van der Waals surface area contributed by atoms with E-state index in [1.165, 1.54) is 116 Å². The maximum absolute atomic E-state index is 6.05. The molecule has 3 heteroatoms. The van der Waals surface area contributed by atoms with Crippen LogP contribution < -0.4 is 4.74 Å². The van der Waals surface area contributed by atoms with E-state index in [1.54, 1.807) is 0 Å². The van der Waals surface area contributed by atoms with Gasteiger partial charge >= 0.3 is 0 Å². The lowest BCUT2D eigenvalue weighted by Crippen LogP contribution is -2.27. The number of unbranched alkanes of at least 4 members (excludes halogenated alkanes) is 8. The van der Waals surface area contributed by atoms with E-state index in [2.05, 4.69) is 38.1 Å². The largest absolute Gasteiger partial charge is 0.494 e. The van der Waals surface area contributed by atoms with Crippen LogP contribution in [0.5, 0.6) is 5.75 Å². The summed E-state index contributed by atoms with van der Waals surface area (Å²) in [4.78, 5) is 0. The molecule has 2 fully saturated rings. The summed E-state index contributed by atoms with van der Waals surface area (Å²) in [6.45, 7) is 7.03. The molecule has 2 aliphatic rings. The fourth-order valence-corrected chi connectivity index (χ4v) is 6.07. The highest BCUT2D eigenvalue weighted by molar-refractivity contribution is 5.28. The summed E-state index contributed by atoms with van der Waals surface area (Å²) in [6, 6.07) is 8.37. The Bertz CT molecular complexity index is 641. The van der Waals surface area contributed by atoms with Crippen molar-refractivity contribution < 1.29 is 14.2 Å². The lowest BCUT2D eigenvalue weighted by Gasteiger charge is -2.29. The molecule has 0 atom stereocenters. The molecule has 1 heterocycles. The predicted molar refractivity (Wildman–Crippen MR) is 152 cm³/mol. The van der Waals surface area contributed by atoms with E-state index in [-0.39, 0.29) is 6.29 Å².